The second-order valence-corrected chi connectivity index (χ2v) is 4.05. The smallest absolute Gasteiger partial charge is 0.266 e. The van der Waals surface area contributed by atoms with Crippen LogP contribution in [-0.2, 0) is 4.79 Å². The van der Waals surface area contributed by atoms with E-state index >= 15 is 0 Å². The van der Waals surface area contributed by atoms with E-state index < -0.39 is 5.91 Å². The summed E-state index contributed by atoms with van der Waals surface area (Å²) in [6, 6.07) is 17.3. The quantitative estimate of drug-likeness (QED) is 0.508. The van der Waals surface area contributed by atoms with Crippen molar-refractivity contribution in [2.45, 2.75) is 0 Å². The molecule has 0 atom stereocenters. The summed E-state index contributed by atoms with van der Waals surface area (Å²) >= 11 is 0. The molecular weight excluding hydrogens is 252 g/mol. The molecule has 4 nitrogen and oxygen atoms in total. The number of phenols is 1. The molecule has 2 N–H and O–H groups in total. The molecule has 98 valence electrons. The van der Waals surface area contributed by atoms with Gasteiger partial charge in [0.15, 0.2) is 0 Å². The molecule has 1 amide bonds. The number of para-hydroxylation sites is 2. The second kappa shape index (κ2) is 6.21. The van der Waals surface area contributed by atoms with Crippen LogP contribution >= 0.6 is 0 Å². The summed E-state index contributed by atoms with van der Waals surface area (Å²) in [4.78, 5) is 12.0. The number of hydrogen-bond acceptors (Lipinski definition) is 3. The van der Waals surface area contributed by atoms with Gasteiger partial charge in [0, 0.05) is 0 Å². The Hall–Kier alpha value is -3.06. The predicted octanol–water partition coefficient (Wildman–Crippen LogP) is 2.94. The molecule has 0 fully saturated rings. The molecule has 0 aliphatic heterocycles. The topological polar surface area (TPSA) is 73.1 Å². The number of nitrogens with one attached hydrogen (secondary N) is 1. The van der Waals surface area contributed by atoms with Gasteiger partial charge in [0.05, 0.1) is 5.69 Å². The lowest BCUT2D eigenvalue weighted by atomic mass is 10.1. The van der Waals surface area contributed by atoms with Crippen LogP contribution in [0.25, 0.3) is 6.08 Å². The van der Waals surface area contributed by atoms with Crippen molar-refractivity contribution in [3.63, 3.8) is 0 Å². The van der Waals surface area contributed by atoms with Crippen molar-refractivity contribution in [2.24, 2.45) is 0 Å². The summed E-state index contributed by atoms with van der Waals surface area (Å²) in [7, 11) is 0. The summed E-state index contributed by atoms with van der Waals surface area (Å²) in [6.07, 6.45) is 1.50. The van der Waals surface area contributed by atoms with Gasteiger partial charge in [0.1, 0.15) is 17.4 Å². The summed E-state index contributed by atoms with van der Waals surface area (Å²) < 4.78 is 0. The minimum absolute atomic E-state index is 0.0283. The first kappa shape index (κ1) is 13.4. The van der Waals surface area contributed by atoms with Crippen LogP contribution in [-0.4, -0.2) is 11.0 Å². The SMILES string of the molecule is N#C/C(=C\c1ccccc1)C(=O)Nc1ccccc1O. The number of benzene rings is 2. The molecule has 0 unspecified atom stereocenters. The third kappa shape index (κ3) is 3.24. The van der Waals surface area contributed by atoms with Gasteiger partial charge in [-0.2, -0.15) is 5.26 Å². The molecule has 0 saturated heterocycles. The maximum Gasteiger partial charge on any atom is 0.266 e. The molecular formula is C16H12N2O2. The number of phenolic OH excluding ortho intramolecular Hbond substituents is 1. The van der Waals surface area contributed by atoms with Gasteiger partial charge in [-0.3, -0.25) is 4.79 Å². The predicted molar refractivity (Wildman–Crippen MR) is 76.8 cm³/mol. The van der Waals surface area contributed by atoms with Crippen molar-refractivity contribution in [2.75, 3.05) is 5.32 Å². The zero-order valence-electron chi connectivity index (χ0n) is 10.6. The highest BCUT2D eigenvalue weighted by Gasteiger charge is 2.11. The second-order valence-electron chi connectivity index (χ2n) is 4.05. The number of nitriles is 1. The molecule has 0 radical (unpaired) electrons. The molecule has 4 heteroatoms. The van der Waals surface area contributed by atoms with Crippen LogP contribution in [0.5, 0.6) is 5.75 Å². The maximum absolute atomic E-state index is 12.0. The molecule has 2 rings (SSSR count). The average molecular weight is 264 g/mol. The van der Waals surface area contributed by atoms with E-state index in [0.717, 1.165) is 5.56 Å². The van der Waals surface area contributed by atoms with Crippen LogP contribution in [0.15, 0.2) is 60.2 Å². The molecule has 0 saturated carbocycles. The molecule has 0 aromatic heterocycles. The Bertz CT molecular complexity index is 685. The molecule has 0 spiro atoms. The largest absolute Gasteiger partial charge is 0.506 e. The van der Waals surface area contributed by atoms with Crippen LogP contribution in [0.2, 0.25) is 0 Å². The number of rotatable bonds is 3. The molecule has 0 aliphatic carbocycles. The first-order valence-electron chi connectivity index (χ1n) is 5.97. The number of anilines is 1. The van der Waals surface area contributed by atoms with E-state index in [0.29, 0.717) is 0 Å². The van der Waals surface area contributed by atoms with E-state index in [4.69, 9.17) is 5.26 Å². The third-order valence-electron chi connectivity index (χ3n) is 2.63. The molecule has 20 heavy (non-hydrogen) atoms. The van der Waals surface area contributed by atoms with Gasteiger partial charge in [0.25, 0.3) is 5.91 Å². The average Bonchev–Trinajstić information content (AvgIpc) is 2.48. The fraction of sp³-hybridized carbons (Fsp3) is 0. The van der Waals surface area contributed by atoms with Crippen LogP contribution in [0.1, 0.15) is 5.56 Å². The van der Waals surface area contributed by atoms with Crippen LogP contribution in [0.4, 0.5) is 5.69 Å². The van der Waals surface area contributed by atoms with Crippen molar-refractivity contribution in [3.8, 4) is 11.8 Å². The van der Waals surface area contributed by atoms with Gasteiger partial charge < -0.3 is 10.4 Å². The Morgan fingerprint density at radius 1 is 1.10 bits per heavy atom. The minimum atomic E-state index is -0.558. The first-order chi connectivity index (χ1) is 9.70. The molecule has 0 aliphatic rings. The van der Waals surface area contributed by atoms with E-state index in [1.807, 2.05) is 24.3 Å². The highest BCUT2D eigenvalue weighted by atomic mass is 16.3. The van der Waals surface area contributed by atoms with E-state index in [-0.39, 0.29) is 17.0 Å². The van der Waals surface area contributed by atoms with Crippen LogP contribution < -0.4 is 5.32 Å². The normalized spacial score (nSPS) is 10.7. The van der Waals surface area contributed by atoms with E-state index in [2.05, 4.69) is 5.32 Å². The Kier molecular flexibility index (Phi) is 4.15. The maximum atomic E-state index is 12.0. The van der Waals surface area contributed by atoms with Gasteiger partial charge >= 0.3 is 0 Å². The van der Waals surface area contributed by atoms with E-state index in [9.17, 15) is 9.90 Å². The van der Waals surface area contributed by atoms with Crippen molar-refractivity contribution in [1.29, 1.82) is 5.26 Å². The lowest BCUT2D eigenvalue weighted by Crippen LogP contribution is -2.13. The van der Waals surface area contributed by atoms with E-state index in [1.54, 1.807) is 30.3 Å². The summed E-state index contributed by atoms with van der Waals surface area (Å²) in [5.74, 6) is -0.601. The van der Waals surface area contributed by atoms with Gasteiger partial charge in [-0.15, -0.1) is 0 Å². The first-order valence-corrected chi connectivity index (χ1v) is 5.97. The highest BCUT2D eigenvalue weighted by molar-refractivity contribution is 6.10. The summed E-state index contributed by atoms with van der Waals surface area (Å²) in [5.41, 5.74) is 1.00. The van der Waals surface area contributed by atoms with Gasteiger partial charge in [-0.1, -0.05) is 42.5 Å². The lowest BCUT2D eigenvalue weighted by molar-refractivity contribution is -0.112. The molecule has 0 heterocycles. The Balaban J connectivity index is 2.21. The number of amides is 1. The lowest BCUT2D eigenvalue weighted by Gasteiger charge is -2.06. The Labute approximate surface area is 116 Å². The van der Waals surface area contributed by atoms with Crippen molar-refractivity contribution >= 4 is 17.7 Å². The molecule has 2 aromatic rings. The molecule has 0 bridgehead atoms. The fourth-order valence-electron chi connectivity index (χ4n) is 1.63. The van der Waals surface area contributed by atoms with Crippen molar-refractivity contribution < 1.29 is 9.90 Å². The monoisotopic (exact) mass is 264 g/mol. The number of hydrogen-bond donors (Lipinski definition) is 2. The fourth-order valence-corrected chi connectivity index (χ4v) is 1.63. The van der Waals surface area contributed by atoms with Gasteiger partial charge in [-0.05, 0) is 23.8 Å². The van der Waals surface area contributed by atoms with Crippen LogP contribution in [0, 0.1) is 11.3 Å². The standard InChI is InChI=1S/C16H12N2O2/c17-11-13(10-12-6-2-1-3-7-12)16(20)18-14-8-4-5-9-15(14)19/h1-10,19H,(H,18,20)/b13-10+. The Morgan fingerprint density at radius 2 is 1.75 bits per heavy atom. The number of carbonyl (C=O) groups excluding carboxylic acids is 1. The van der Waals surface area contributed by atoms with Crippen LogP contribution in [0.3, 0.4) is 0 Å². The van der Waals surface area contributed by atoms with E-state index in [1.165, 1.54) is 12.1 Å². The Morgan fingerprint density at radius 3 is 2.40 bits per heavy atom. The molecule has 2 aromatic carbocycles. The summed E-state index contributed by atoms with van der Waals surface area (Å²) in [5, 5.41) is 21.2. The number of carbonyl (C=O) groups is 1. The number of nitrogens with zero attached hydrogens (tertiary/aromatic N) is 1. The summed E-state index contributed by atoms with van der Waals surface area (Å²) in [6.45, 7) is 0. The minimum Gasteiger partial charge on any atom is -0.506 e. The third-order valence-corrected chi connectivity index (χ3v) is 2.63. The number of aromatic hydroxyl groups is 1. The van der Waals surface area contributed by atoms with Crippen molar-refractivity contribution in [3.05, 3.63) is 65.7 Å². The van der Waals surface area contributed by atoms with Crippen molar-refractivity contribution in [1.82, 2.24) is 0 Å². The zero-order valence-corrected chi connectivity index (χ0v) is 10.6. The van der Waals surface area contributed by atoms with Gasteiger partial charge in [-0.25, -0.2) is 0 Å². The highest BCUT2D eigenvalue weighted by Crippen LogP contribution is 2.22. The van der Waals surface area contributed by atoms with Gasteiger partial charge in [0.2, 0.25) is 0 Å². The zero-order chi connectivity index (χ0) is 14.4.